The fourth-order valence-electron chi connectivity index (χ4n) is 3.14. The number of unbranched alkanes of at least 4 members (excludes halogenated alkanes) is 2. The predicted octanol–water partition coefficient (Wildman–Crippen LogP) is 5.77. The maximum atomic E-state index is 12.7. The van der Waals surface area contributed by atoms with Crippen molar-refractivity contribution in [2.75, 3.05) is 14.1 Å². The summed E-state index contributed by atoms with van der Waals surface area (Å²) in [5.74, 6) is -0.249. The molecule has 0 heterocycles. The van der Waals surface area contributed by atoms with Gasteiger partial charge in [0.2, 0.25) is 0 Å². The molecule has 0 aliphatic carbocycles. The summed E-state index contributed by atoms with van der Waals surface area (Å²) in [4.78, 5) is 14.2. The Morgan fingerprint density at radius 2 is 1.79 bits per heavy atom. The van der Waals surface area contributed by atoms with Crippen molar-refractivity contribution in [1.29, 1.82) is 0 Å². The van der Waals surface area contributed by atoms with Crippen LogP contribution in [0.3, 0.4) is 0 Å². The van der Waals surface area contributed by atoms with Crippen LogP contribution in [0.1, 0.15) is 81.3 Å². The molecule has 2 N–H and O–H groups in total. The third kappa shape index (κ3) is 7.06. The van der Waals surface area contributed by atoms with E-state index in [1.54, 1.807) is 20.2 Å². The van der Waals surface area contributed by atoms with Crippen molar-refractivity contribution in [2.45, 2.75) is 72.6 Å². The van der Waals surface area contributed by atoms with Gasteiger partial charge in [-0.15, -0.1) is 0 Å². The lowest BCUT2D eigenvalue weighted by molar-refractivity contribution is 0.0823. The van der Waals surface area contributed by atoms with Gasteiger partial charge in [-0.1, -0.05) is 43.1 Å². The van der Waals surface area contributed by atoms with Gasteiger partial charge < -0.3 is 15.1 Å². The van der Waals surface area contributed by atoms with Crippen LogP contribution in [0.4, 0.5) is 0 Å². The van der Waals surface area contributed by atoms with Crippen LogP contribution in [0.25, 0.3) is 0 Å². The van der Waals surface area contributed by atoms with Crippen LogP contribution in [-0.4, -0.2) is 35.1 Å². The molecule has 0 unspecified atom stereocenters. The number of hydrogen-bond acceptors (Lipinski definition) is 3. The minimum atomic E-state index is -0.227. The molecule has 1 aromatic rings. The minimum Gasteiger partial charge on any atom is -0.508 e. The first-order valence-corrected chi connectivity index (χ1v) is 10.3. The van der Waals surface area contributed by atoms with E-state index in [0.29, 0.717) is 24.0 Å². The van der Waals surface area contributed by atoms with Crippen LogP contribution in [0.5, 0.6) is 11.5 Å². The van der Waals surface area contributed by atoms with Gasteiger partial charge in [-0.25, -0.2) is 0 Å². The number of aromatic hydroxyl groups is 2. The molecule has 0 aliphatic rings. The number of phenols is 2. The maximum Gasteiger partial charge on any atom is 0.257 e. The van der Waals surface area contributed by atoms with Crippen LogP contribution >= 0.6 is 0 Å². The molecule has 0 spiro atoms. The monoisotopic (exact) mass is 387 g/mol. The zero-order chi connectivity index (χ0) is 21.3. The standard InChI is InChI=1S/C24H37NO3/c1-7-8-9-13-19-16-21(26)20(23(27)22(19)24(28)25(5)6)15-14-18(4)12-10-11-17(2)3/h11,14,16,26-27H,7-10,12-13,15H2,1-6H3/b18-14+. The Balaban J connectivity index is 3.17. The van der Waals surface area contributed by atoms with E-state index in [0.717, 1.165) is 37.7 Å². The molecule has 4 nitrogen and oxygen atoms in total. The molecule has 28 heavy (non-hydrogen) atoms. The van der Waals surface area contributed by atoms with Gasteiger partial charge in [-0.2, -0.15) is 0 Å². The van der Waals surface area contributed by atoms with Gasteiger partial charge in [-0.05, 0) is 64.5 Å². The first-order chi connectivity index (χ1) is 13.2. The van der Waals surface area contributed by atoms with E-state index in [1.807, 2.05) is 6.08 Å². The van der Waals surface area contributed by atoms with E-state index in [4.69, 9.17) is 0 Å². The lowest BCUT2D eigenvalue weighted by Crippen LogP contribution is -2.23. The smallest absolute Gasteiger partial charge is 0.257 e. The number of nitrogens with zero attached hydrogens (tertiary/aromatic N) is 1. The van der Waals surface area contributed by atoms with Crippen molar-refractivity contribution in [3.8, 4) is 11.5 Å². The Labute approximate surface area is 170 Å². The molecular formula is C24H37NO3. The van der Waals surface area contributed by atoms with Crippen molar-refractivity contribution in [1.82, 2.24) is 4.90 Å². The van der Waals surface area contributed by atoms with Crippen LogP contribution in [0.15, 0.2) is 29.4 Å². The number of benzene rings is 1. The highest BCUT2D eigenvalue weighted by Gasteiger charge is 2.23. The topological polar surface area (TPSA) is 60.8 Å². The largest absolute Gasteiger partial charge is 0.508 e. The quantitative estimate of drug-likeness (QED) is 0.396. The Morgan fingerprint density at radius 3 is 2.36 bits per heavy atom. The van der Waals surface area contributed by atoms with Crippen LogP contribution in [-0.2, 0) is 12.8 Å². The van der Waals surface area contributed by atoms with E-state index in [1.165, 1.54) is 16.0 Å². The van der Waals surface area contributed by atoms with E-state index in [9.17, 15) is 15.0 Å². The van der Waals surface area contributed by atoms with Gasteiger partial charge >= 0.3 is 0 Å². The average molecular weight is 388 g/mol. The molecule has 0 saturated heterocycles. The van der Waals surface area contributed by atoms with E-state index < -0.39 is 0 Å². The van der Waals surface area contributed by atoms with Crippen molar-refractivity contribution in [3.63, 3.8) is 0 Å². The molecular weight excluding hydrogens is 350 g/mol. The third-order valence-electron chi connectivity index (χ3n) is 4.88. The molecule has 0 atom stereocenters. The molecule has 1 rings (SSSR count). The highest BCUT2D eigenvalue weighted by atomic mass is 16.3. The van der Waals surface area contributed by atoms with Gasteiger partial charge in [0.25, 0.3) is 5.91 Å². The molecule has 1 amide bonds. The number of allylic oxidation sites excluding steroid dienone is 4. The summed E-state index contributed by atoms with van der Waals surface area (Å²) in [7, 11) is 3.36. The summed E-state index contributed by atoms with van der Waals surface area (Å²) < 4.78 is 0. The van der Waals surface area contributed by atoms with Crippen LogP contribution < -0.4 is 0 Å². The molecule has 0 fully saturated rings. The van der Waals surface area contributed by atoms with Crippen LogP contribution in [0.2, 0.25) is 0 Å². The molecule has 0 aromatic heterocycles. The number of rotatable bonds is 10. The number of phenolic OH excluding ortho intramolecular Hbond substituents is 2. The van der Waals surface area contributed by atoms with Gasteiger partial charge in [0.05, 0.1) is 5.56 Å². The summed E-state index contributed by atoms with van der Waals surface area (Å²) in [6, 6.07) is 1.66. The fraction of sp³-hybridized carbons (Fsp3) is 0.542. The Hall–Kier alpha value is -2.23. The summed E-state index contributed by atoms with van der Waals surface area (Å²) in [6.45, 7) is 8.34. The van der Waals surface area contributed by atoms with Crippen molar-refractivity contribution < 1.29 is 15.0 Å². The zero-order valence-corrected chi connectivity index (χ0v) is 18.4. The molecule has 4 heteroatoms. The minimum absolute atomic E-state index is 0.0626. The molecule has 0 aliphatic heterocycles. The third-order valence-corrected chi connectivity index (χ3v) is 4.88. The maximum absolute atomic E-state index is 12.7. The highest BCUT2D eigenvalue weighted by Crippen LogP contribution is 2.36. The Bertz CT molecular complexity index is 726. The second-order valence-corrected chi connectivity index (χ2v) is 7.99. The zero-order valence-electron chi connectivity index (χ0n) is 18.4. The molecule has 0 bridgehead atoms. The van der Waals surface area contributed by atoms with Crippen molar-refractivity contribution >= 4 is 5.91 Å². The highest BCUT2D eigenvalue weighted by molar-refractivity contribution is 5.99. The molecule has 0 radical (unpaired) electrons. The van der Waals surface area contributed by atoms with Gasteiger partial charge in [0.1, 0.15) is 11.5 Å². The van der Waals surface area contributed by atoms with Crippen molar-refractivity contribution in [2.24, 2.45) is 0 Å². The van der Waals surface area contributed by atoms with E-state index in [-0.39, 0.29) is 17.4 Å². The average Bonchev–Trinajstić information content (AvgIpc) is 2.60. The van der Waals surface area contributed by atoms with Gasteiger partial charge in [0.15, 0.2) is 0 Å². The SMILES string of the molecule is CCCCCc1cc(O)c(C/C=C(\C)CCC=C(C)C)c(O)c1C(=O)N(C)C. The van der Waals surface area contributed by atoms with Crippen molar-refractivity contribution in [3.05, 3.63) is 46.1 Å². The summed E-state index contributed by atoms with van der Waals surface area (Å²) in [5, 5.41) is 21.4. The predicted molar refractivity (Wildman–Crippen MR) is 117 cm³/mol. The summed E-state index contributed by atoms with van der Waals surface area (Å²) >= 11 is 0. The van der Waals surface area contributed by atoms with Crippen LogP contribution in [0, 0.1) is 0 Å². The number of hydrogen-bond donors (Lipinski definition) is 2. The van der Waals surface area contributed by atoms with E-state index >= 15 is 0 Å². The Morgan fingerprint density at radius 1 is 1.11 bits per heavy atom. The normalized spacial score (nSPS) is 11.4. The molecule has 0 saturated carbocycles. The Kier molecular flexibility index (Phi) is 9.84. The number of amides is 1. The second-order valence-electron chi connectivity index (χ2n) is 7.99. The fourth-order valence-corrected chi connectivity index (χ4v) is 3.14. The number of carbonyl (C=O) groups is 1. The number of carbonyl (C=O) groups excluding carboxylic acids is 1. The molecule has 1 aromatic carbocycles. The van der Waals surface area contributed by atoms with Gasteiger partial charge in [0, 0.05) is 19.7 Å². The van der Waals surface area contributed by atoms with Gasteiger partial charge in [-0.3, -0.25) is 4.79 Å². The lowest BCUT2D eigenvalue weighted by atomic mass is 9.94. The summed E-state index contributed by atoms with van der Waals surface area (Å²) in [6.07, 6.45) is 10.2. The summed E-state index contributed by atoms with van der Waals surface area (Å²) in [5.41, 5.74) is 3.96. The second kappa shape index (κ2) is 11.6. The molecule has 156 valence electrons. The lowest BCUT2D eigenvalue weighted by Gasteiger charge is -2.19. The number of aryl methyl sites for hydroxylation is 1. The van der Waals surface area contributed by atoms with E-state index in [2.05, 4.69) is 33.8 Å². The first kappa shape index (κ1) is 23.8. The first-order valence-electron chi connectivity index (χ1n) is 10.3.